The Morgan fingerprint density at radius 3 is 0.914 bits per heavy atom. The molecular formula is C64H108O6. The number of allylic oxidation sites excluding steroid dienone is 16. The smallest absolute Gasteiger partial charge is 0.306 e. The van der Waals surface area contributed by atoms with Crippen LogP contribution in [0.25, 0.3) is 0 Å². The van der Waals surface area contributed by atoms with E-state index in [0.29, 0.717) is 19.3 Å². The van der Waals surface area contributed by atoms with Crippen LogP contribution in [0.2, 0.25) is 0 Å². The second kappa shape index (κ2) is 57.9. The third-order valence-electron chi connectivity index (χ3n) is 12.3. The molecule has 1 atom stereocenters. The van der Waals surface area contributed by atoms with Crippen LogP contribution in [0, 0.1) is 0 Å². The van der Waals surface area contributed by atoms with Crippen molar-refractivity contribution in [3.05, 3.63) is 97.2 Å². The van der Waals surface area contributed by atoms with Crippen LogP contribution < -0.4 is 0 Å². The lowest BCUT2D eigenvalue weighted by Crippen LogP contribution is -2.30. The predicted molar refractivity (Wildman–Crippen MR) is 302 cm³/mol. The molecule has 0 heterocycles. The summed E-state index contributed by atoms with van der Waals surface area (Å²) in [7, 11) is 0. The number of carbonyl (C=O) groups is 3. The predicted octanol–water partition coefficient (Wildman–Crippen LogP) is 19.7. The van der Waals surface area contributed by atoms with E-state index in [0.717, 1.165) is 116 Å². The van der Waals surface area contributed by atoms with E-state index in [-0.39, 0.29) is 31.1 Å². The number of hydrogen-bond acceptors (Lipinski definition) is 6. The van der Waals surface area contributed by atoms with Gasteiger partial charge in [0.1, 0.15) is 13.2 Å². The van der Waals surface area contributed by atoms with Gasteiger partial charge in [0.2, 0.25) is 0 Å². The highest BCUT2D eigenvalue weighted by molar-refractivity contribution is 5.71. The molecule has 0 saturated heterocycles. The molecule has 0 aliphatic carbocycles. The van der Waals surface area contributed by atoms with Gasteiger partial charge in [-0.15, -0.1) is 0 Å². The van der Waals surface area contributed by atoms with E-state index in [1.165, 1.54) is 116 Å². The molecule has 0 N–H and O–H groups in total. The zero-order valence-electron chi connectivity index (χ0n) is 45.8. The molecule has 6 heteroatoms. The zero-order valence-corrected chi connectivity index (χ0v) is 45.8. The zero-order chi connectivity index (χ0) is 50.7. The number of rotatable bonds is 52. The van der Waals surface area contributed by atoms with Crippen LogP contribution in [0.5, 0.6) is 0 Å². The lowest BCUT2D eigenvalue weighted by atomic mass is 10.1. The summed E-state index contributed by atoms with van der Waals surface area (Å²) in [5.74, 6) is -0.957. The standard InChI is InChI=1S/C64H108O6/c1-4-7-10-13-16-19-22-25-28-30-31-32-33-34-37-39-42-45-48-51-54-57-63(66)69-60-61(59-68-62(65)56-53-50-47-44-41-38-35-27-24-21-18-15-12-9-6-3)70-64(67)58-55-52-49-46-43-40-36-29-26-23-20-17-14-11-8-5-2/h9,12,18,20-23,25,27,29-31,35-36,41,44,61H,4-8,10-11,13-17,19,24,26,28,32-34,37-40,42-43,45-60H2,1-3H3/b12-9-,21-18-,23-20-,25-22-,31-30-,35-27-,36-29-,44-41-. The molecule has 0 saturated carbocycles. The molecule has 0 aromatic heterocycles. The fourth-order valence-corrected chi connectivity index (χ4v) is 7.91. The summed E-state index contributed by atoms with van der Waals surface area (Å²) in [6.07, 6.45) is 76.8. The number of esters is 3. The monoisotopic (exact) mass is 973 g/mol. The minimum Gasteiger partial charge on any atom is -0.462 e. The minimum absolute atomic E-state index is 0.0992. The second-order valence-electron chi connectivity index (χ2n) is 19.2. The van der Waals surface area contributed by atoms with Crippen molar-refractivity contribution >= 4 is 17.9 Å². The SMILES string of the molecule is CC/C=C\C/C=C\C/C=C\C/C=C\CCCCC(=O)OCC(COC(=O)CCCCCCCCCCC/C=C\C/C=C\CCCCCCC)OC(=O)CCCCCCC/C=C\C/C=C\CCCCCC. The first-order chi connectivity index (χ1) is 34.5. The quantitative estimate of drug-likeness (QED) is 0.0262. The minimum atomic E-state index is -0.805. The van der Waals surface area contributed by atoms with Crippen molar-refractivity contribution in [2.75, 3.05) is 13.2 Å². The molecule has 1 unspecified atom stereocenters. The van der Waals surface area contributed by atoms with Gasteiger partial charge in [-0.3, -0.25) is 14.4 Å². The summed E-state index contributed by atoms with van der Waals surface area (Å²) in [5, 5.41) is 0. The average molecular weight is 974 g/mol. The van der Waals surface area contributed by atoms with Crippen LogP contribution in [-0.2, 0) is 28.6 Å². The summed E-state index contributed by atoms with van der Waals surface area (Å²) in [4.78, 5) is 38.2. The molecule has 0 rings (SSSR count). The molecule has 70 heavy (non-hydrogen) atoms. The van der Waals surface area contributed by atoms with E-state index in [1.807, 2.05) is 0 Å². The molecule has 0 radical (unpaired) electrons. The van der Waals surface area contributed by atoms with Crippen LogP contribution in [-0.4, -0.2) is 37.2 Å². The Labute approximate surface area is 432 Å². The molecule has 6 nitrogen and oxygen atoms in total. The molecule has 0 aliphatic heterocycles. The topological polar surface area (TPSA) is 78.9 Å². The maximum absolute atomic E-state index is 12.9. The fraction of sp³-hybridized carbons (Fsp3) is 0.703. The van der Waals surface area contributed by atoms with Gasteiger partial charge in [-0.05, 0) is 122 Å². The molecule has 0 bridgehead atoms. The Hall–Kier alpha value is -3.67. The largest absolute Gasteiger partial charge is 0.462 e. The number of ether oxygens (including phenoxy) is 3. The first-order valence-corrected chi connectivity index (χ1v) is 29.2. The Balaban J connectivity index is 4.44. The van der Waals surface area contributed by atoms with Gasteiger partial charge in [0.05, 0.1) is 0 Å². The van der Waals surface area contributed by atoms with E-state index < -0.39 is 6.10 Å². The number of unbranched alkanes of at least 4 members (excludes halogenated alkanes) is 25. The third-order valence-corrected chi connectivity index (χ3v) is 12.3. The van der Waals surface area contributed by atoms with Crippen molar-refractivity contribution in [1.82, 2.24) is 0 Å². The van der Waals surface area contributed by atoms with Gasteiger partial charge in [-0.25, -0.2) is 0 Å². The highest BCUT2D eigenvalue weighted by atomic mass is 16.6. The van der Waals surface area contributed by atoms with Crippen molar-refractivity contribution < 1.29 is 28.6 Å². The van der Waals surface area contributed by atoms with Crippen LogP contribution in [0.1, 0.15) is 271 Å². The van der Waals surface area contributed by atoms with Gasteiger partial charge < -0.3 is 14.2 Å². The van der Waals surface area contributed by atoms with Crippen molar-refractivity contribution in [1.29, 1.82) is 0 Å². The molecule has 400 valence electrons. The molecule has 0 aromatic carbocycles. The Morgan fingerprint density at radius 1 is 0.300 bits per heavy atom. The maximum Gasteiger partial charge on any atom is 0.306 e. The van der Waals surface area contributed by atoms with Crippen molar-refractivity contribution in [2.24, 2.45) is 0 Å². The van der Waals surface area contributed by atoms with Gasteiger partial charge in [0, 0.05) is 19.3 Å². The molecule has 0 aliphatic rings. The average Bonchev–Trinajstić information content (AvgIpc) is 3.36. The Morgan fingerprint density at radius 2 is 0.557 bits per heavy atom. The summed E-state index contributed by atoms with van der Waals surface area (Å²) >= 11 is 0. The molecular weight excluding hydrogens is 865 g/mol. The van der Waals surface area contributed by atoms with Gasteiger partial charge in [0.25, 0.3) is 0 Å². The lowest BCUT2D eigenvalue weighted by molar-refractivity contribution is -0.167. The van der Waals surface area contributed by atoms with Crippen molar-refractivity contribution in [3.8, 4) is 0 Å². The normalized spacial score (nSPS) is 12.8. The molecule has 0 amide bonds. The van der Waals surface area contributed by atoms with E-state index in [1.54, 1.807) is 0 Å². The van der Waals surface area contributed by atoms with E-state index >= 15 is 0 Å². The van der Waals surface area contributed by atoms with Gasteiger partial charge in [-0.2, -0.15) is 0 Å². The van der Waals surface area contributed by atoms with Crippen LogP contribution in [0.3, 0.4) is 0 Å². The van der Waals surface area contributed by atoms with Crippen LogP contribution in [0.15, 0.2) is 97.2 Å². The summed E-state index contributed by atoms with van der Waals surface area (Å²) < 4.78 is 16.8. The van der Waals surface area contributed by atoms with E-state index in [9.17, 15) is 14.4 Å². The van der Waals surface area contributed by atoms with Crippen molar-refractivity contribution in [3.63, 3.8) is 0 Å². The van der Waals surface area contributed by atoms with Crippen LogP contribution >= 0.6 is 0 Å². The van der Waals surface area contributed by atoms with Gasteiger partial charge in [0.15, 0.2) is 6.10 Å². The fourth-order valence-electron chi connectivity index (χ4n) is 7.91. The molecule has 0 aromatic rings. The third kappa shape index (κ3) is 55.3. The first-order valence-electron chi connectivity index (χ1n) is 29.2. The maximum atomic E-state index is 12.9. The van der Waals surface area contributed by atoms with Gasteiger partial charge in [-0.1, -0.05) is 227 Å². The summed E-state index contributed by atoms with van der Waals surface area (Å²) in [5.41, 5.74) is 0. The Kier molecular flexibility index (Phi) is 54.9. The summed E-state index contributed by atoms with van der Waals surface area (Å²) in [6.45, 7) is 6.46. The van der Waals surface area contributed by atoms with Crippen molar-refractivity contribution in [2.45, 2.75) is 277 Å². The highest BCUT2D eigenvalue weighted by Crippen LogP contribution is 2.14. The van der Waals surface area contributed by atoms with Crippen LogP contribution in [0.4, 0.5) is 0 Å². The molecule has 0 fully saturated rings. The first kappa shape index (κ1) is 66.3. The van der Waals surface area contributed by atoms with Gasteiger partial charge >= 0.3 is 17.9 Å². The summed E-state index contributed by atoms with van der Waals surface area (Å²) in [6, 6.07) is 0. The highest BCUT2D eigenvalue weighted by Gasteiger charge is 2.19. The van der Waals surface area contributed by atoms with E-state index in [2.05, 4.69) is 118 Å². The van der Waals surface area contributed by atoms with E-state index in [4.69, 9.17) is 14.2 Å². The number of hydrogen-bond donors (Lipinski definition) is 0. The second-order valence-corrected chi connectivity index (χ2v) is 19.2. The molecule has 0 spiro atoms. The Bertz CT molecular complexity index is 1400. The number of carbonyl (C=O) groups excluding carboxylic acids is 3. The lowest BCUT2D eigenvalue weighted by Gasteiger charge is -2.18.